The second kappa shape index (κ2) is 11.3. The summed E-state index contributed by atoms with van der Waals surface area (Å²) in [5.41, 5.74) is 8.10. The molecule has 4 aromatic carbocycles. The molecule has 1 aliphatic rings. The van der Waals surface area contributed by atoms with Crippen molar-refractivity contribution in [2.75, 3.05) is 0 Å². The second-order valence-electron chi connectivity index (χ2n) is 5.94. The van der Waals surface area contributed by atoms with E-state index in [0.717, 1.165) is 6.42 Å². The van der Waals surface area contributed by atoms with E-state index in [-0.39, 0.29) is 51.0 Å². The predicted molar refractivity (Wildman–Crippen MR) is 101 cm³/mol. The van der Waals surface area contributed by atoms with Crippen LogP contribution >= 0.6 is 0 Å². The second-order valence-corrected chi connectivity index (χ2v) is 5.94. The quantitative estimate of drug-likeness (QED) is 0.307. The van der Waals surface area contributed by atoms with Crippen LogP contribution in [0.2, 0.25) is 0 Å². The van der Waals surface area contributed by atoms with Crippen LogP contribution in [0.4, 0.5) is 0 Å². The summed E-state index contributed by atoms with van der Waals surface area (Å²) in [5.74, 6) is 0. The Hall–Kier alpha value is -1.53. The van der Waals surface area contributed by atoms with Gasteiger partial charge in [-0.1, -0.05) is 71.3 Å². The summed E-state index contributed by atoms with van der Waals surface area (Å²) in [4.78, 5) is 0. The van der Waals surface area contributed by atoms with E-state index in [4.69, 9.17) is 0 Å². The molecule has 0 fully saturated rings. The van der Waals surface area contributed by atoms with Gasteiger partial charge in [0.15, 0.2) is 0 Å². The molecule has 0 bridgehead atoms. The van der Waals surface area contributed by atoms with Crippen molar-refractivity contribution in [2.24, 2.45) is 0 Å². The van der Waals surface area contributed by atoms with Crippen molar-refractivity contribution in [3.05, 3.63) is 114 Å². The van der Waals surface area contributed by atoms with Gasteiger partial charge in [0.05, 0.1) is 0 Å². The minimum Gasteiger partial charge on any atom is -1.00 e. The molecule has 0 saturated heterocycles. The number of rotatable bonds is 1. The zero-order valence-corrected chi connectivity index (χ0v) is 18.7. The zero-order valence-electron chi connectivity index (χ0n) is 14.7. The van der Waals surface area contributed by atoms with Gasteiger partial charge in [-0.05, 0) is 6.42 Å². The normalized spacial score (nSPS) is 9.93. The molecule has 0 N–H and O–H groups in total. The third-order valence-electron chi connectivity index (χ3n) is 4.39. The van der Waals surface area contributed by atoms with Crippen LogP contribution in [-0.4, -0.2) is 0 Å². The van der Waals surface area contributed by atoms with E-state index in [2.05, 4.69) is 91.0 Å². The Morgan fingerprint density at radius 1 is 0.704 bits per heavy atom. The van der Waals surface area contributed by atoms with Crippen molar-refractivity contribution < 1.29 is 51.0 Å². The first kappa shape index (κ1) is 23.5. The maximum Gasteiger partial charge on any atom is 4.00 e. The topological polar surface area (TPSA) is 0 Å². The van der Waals surface area contributed by atoms with Gasteiger partial charge >= 0.3 is 26.2 Å². The van der Waals surface area contributed by atoms with Crippen LogP contribution in [0.1, 0.15) is 11.1 Å². The van der Waals surface area contributed by atoms with E-state index in [9.17, 15) is 0 Å². The van der Waals surface area contributed by atoms with Crippen molar-refractivity contribution >= 4 is 0 Å². The van der Waals surface area contributed by atoms with E-state index < -0.39 is 0 Å². The first-order valence-corrected chi connectivity index (χ1v) is 8.27. The first-order chi connectivity index (χ1) is 11.9. The van der Waals surface area contributed by atoms with E-state index in [0.29, 0.717) is 0 Å². The Morgan fingerprint density at radius 3 is 2.15 bits per heavy atom. The molecule has 3 heteroatoms. The zero-order chi connectivity index (χ0) is 16.2. The summed E-state index contributed by atoms with van der Waals surface area (Å²) < 4.78 is 0. The van der Waals surface area contributed by atoms with E-state index in [1.807, 2.05) is 12.1 Å². The van der Waals surface area contributed by atoms with Gasteiger partial charge < -0.3 is 24.8 Å². The molecule has 0 amide bonds. The Morgan fingerprint density at radius 2 is 1.41 bits per heavy atom. The fourth-order valence-electron chi connectivity index (χ4n) is 3.19. The Kier molecular flexibility index (Phi) is 9.88. The summed E-state index contributed by atoms with van der Waals surface area (Å²) in [6.07, 6.45) is 1.05. The minimum absolute atomic E-state index is 0. The van der Waals surface area contributed by atoms with Crippen LogP contribution in [0.25, 0.3) is 22.3 Å². The van der Waals surface area contributed by atoms with Crippen LogP contribution in [-0.2, 0) is 32.6 Å². The van der Waals surface area contributed by atoms with E-state index >= 15 is 0 Å². The van der Waals surface area contributed by atoms with Gasteiger partial charge in [0, 0.05) is 0 Å². The minimum atomic E-state index is 0. The Labute approximate surface area is 193 Å². The monoisotopic (exact) mass is 466 g/mol. The van der Waals surface area contributed by atoms with Crippen LogP contribution in [0.3, 0.4) is 0 Å². The summed E-state index contributed by atoms with van der Waals surface area (Å²) in [6.45, 7) is 0. The number of halogens is 2. The largest absolute Gasteiger partial charge is 4.00 e. The van der Waals surface area contributed by atoms with Gasteiger partial charge in [-0.2, -0.15) is 53.6 Å². The van der Waals surface area contributed by atoms with Crippen LogP contribution in [0, 0.1) is 6.07 Å². The number of benzene rings is 3. The molecule has 0 saturated carbocycles. The van der Waals surface area contributed by atoms with Gasteiger partial charge in [-0.3, -0.25) is 0 Å². The Bertz CT molecular complexity index is 888. The summed E-state index contributed by atoms with van der Waals surface area (Å²) in [7, 11) is 0. The van der Waals surface area contributed by atoms with Crippen LogP contribution < -0.4 is 24.8 Å². The van der Waals surface area contributed by atoms with Gasteiger partial charge in [0.1, 0.15) is 0 Å². The summed E-state index contributed by atoms with van der Waals surface area (Å²) in [5, 5.41) is 0. The molecular formula is C24H18Cl2Zr. The third-order valence-corrected chi connectivity index (χ3v) is 4.39. The van der Waals surface area contributed by atoms with Crippen LogP contribution in [0.15, 0.2) is 97.1 Å². The summed E-state index contributed by atoms with van der Waals surface area (Å²) >= 11 is 0. The van der Waals surface area contributed by atoms with Crippen molar-refractivity contribution in [3.8, 4) is 22.3 Å². The van der Waals surface area contributed by atoms with Crippen molar-refractivity contribution in [1.29, 1.82) is 0 Å². The van der Waals surface area contributed by atoms with Crippen molar-refractivity contribution in [3.63, 3.8) is 0 Å². The molecule has 0 unspecified atom stereocenters. The van der Waals surface area contributed by atoms with Gasteiger partial charge in [0.2, 0.25) is 0 Å². The molecule has 4 aromatic rings. The molecular weight excluding hydrogens is 450 g/mol. The Balaban J connectivity index is 0.000000246. The van der Waals surface area contributed by atoms with E-state index in [1.165, 1.54) is 33.4 Å². The smallest absolute Gasteiger partial charge is 1.00 e. The van der Waals surface area contributed by atoms with Crippen LogP contribution in [0.5, 0.6) is 0 Å². The molecule has 1 aliphatic carbocycles. The van der Waals surface area contributed by atoms with Gasteiger partial charge in [0.25, 0.3) is 0 Å². The molecule has 0 radical (unpaired) electrons. The molecule has 132 valence electrons. The standard InChI is InChI=1S/C13H9.C11H9.2ClH.Zr/c1-3-7-12-10(5-1)9-11-6-2-4-8-13(11)12;1-2-6-10(7-3-1)11-8-4-5-9-11;;;/h1-5,7-8H,9H2;1-9H;2*1H;/q2*-1;;;+4/p-2. The molecule has 0 aliphatic heterocycles. The maximum absolute atomic E-state index is 3.30. The molecule has 0 nitrogen and oxygen atoms in total. The van der Waals surface area contributed by atoms with Gasteiger partial charge in [-0.25, -0.2) is 6.07 Å². The predicted octanol–water partition coefficient (Wildman–Crippen LogP) is 0.136. The fourth-order valence-corrected chi connectivity index (χ4v) is 3.19. The number of hydrogen-bond donors (Lipinski definition) is 0. The van der Waals surface area contributed by atoms with Crippen molar-refractivity contribution in [2.45, 2.75) is 6.42 Å². The van der Waals surface area contributed by atoms with Gasteiger partial charge in [-0.15, -0.1) is 5.56 Å². The average molecular weight is 469 g/mol. The SMILES string of the molecule is [Cl-].[Cl-].[Zr+4].[c-]1cccc2c1Cc1ccccc1-2.c1ccc(-c2cc[cH-]c2)cc1. The van der Waals surface area contributed by atoms with E-state index in [1.54, 1.807) is 0 Å². The third kappa shape index (κ3) is 5.48. The molecule has 27 heavy (non-hydrogen) atoms. The molecule has 0 heterocycles. The number of hydrogen-bond acceptors (Lipinski definition) is 0. The van der Waals surface area contributed by atoms with Crippen molar-refractivity contribution in [1.82, 2.24) is 0 Å². The molecule has 5 rings (SSSR count). The first-order valence-electron chi connectivity index (χ1n) is 8.27. The molecule has 0 spiro atoms. The molecule has 0 aromatic heterocycles. The fraction of sp³-hybridized carbons (Fsp3) is 0.0417. The number of fused-ring (bicyclic) bond motifs is 3. The maximum atomic E-state index is 3.30. The molecule has 0 atom stereocenters. The average Bonchev–Trinajstić information content (AvgIpc) is 3.31. The summed E-state index contributed by atoms with van der Waals surface area (Å²) in [6, 6.07) is 36.9.